The normalized spacial score (nSPS) is 26.2. The van der Waals surface area contributed by atoms with Gasteiger partial charge in [-0.2, -0.15) is 0 Å². The van der Waals surface area contributed by atoms with E-state index in [1.54, 1.807) is 6.33 Å². The van der Waals surface area contributed by atoms with E-state index in [-0.39, 0.29) is 41.2 Å². The summed E-state index contributed by atoms with van der Waals surface area (Å²) in [6.07, 6.45) is 12.8. The molecule has 0 radical (unpaired) electrons. The lowest BCUT2D eigenvalue weighted by atomic mass is 9.65. The molecule has 4 aromatic rings. The van der Waals surface area contributed by atoms with Crippen molar-refractivity contribution in [2.75, 3.05) is 110 Å². The van der Waals surface area contributed by atoms with Crippen molar-refractivity contribution in [3.63, 3.8) is 0 Å². The van der Waals surface area contributed by atoms with Crippen molar-refractivity contribution in [2.24, 2.45) is 11.1 Å². The summed E-state index contributed by atoms with van der Waals surface area (Å²) in [6.45, 7) is 11.0. The van der Waals surface area contributed by atoms with Crippen LogP contribution in [0.15, 0.2) is 67.1 Å². The number of carbonyl (C=O) groups excluding carboxylic acids is 4. The molecule has 8 aliphatic rings. The van der Waals surface area contributed by atoms with Crippen molar-refractivity contribution in [1.29, 1.82) is 0 Å². The van der Waals surface area contributed by atoms with E-state index in [2.05, 4.69) is 57.3 Å². The number of H-pyrrole nitrogens is 1. The van der Waals surface area contributed by atoms with Crippen LogP contribution >= 0.6 is 11.6 Å². The molecule has 2 aromatic carbocycles. The van der Waals surface area contributed by atoms with Crippen molar-refractivity contribution < 1.29 is 23.9 Å². The van der Waals surface area contributed by atoms with Crippen molar-refractivity contribution in [2.45, 2.75) is 99.8 Å². The second kappa shape index (κ2) is 21.2. The van der Waals surface area contributed by atoms with Crippen LogP contribution in [0.5, 0.6) is 0 Å². The average Bonchev–Trinajstić information content (AvgIpc) is 4.15. The van der Waals surface area contributed by atoms with Gasteiger partial charge in [0.25, 0.3) is 5.91 Å². The summed E-state index contributed by atoms with van der Waals surface area (Å²) in [5.41, 5.74) is 8.80. The molecule has 6 saturated heterocycles. The lowest BCUT2D eigenvalue weighted by Crippen LogP contribution is -2.63. The monoisotopic (exact) mass is 1020 g/mol. The van der Waals surface area contributed by atoms with Crippen LogP contribution in [0.25, 0.3) is 11.0 Å². The molecule has 5 N–H and O–H groups in total. The molecule has 12 rings (SSSR count). The number of nitrogens with zero attached hydrogens (tertiary/aromatic N) is 8. The van der Waals surface area contributed by atoms with Crippen LogP contribution in [0.3, 0.4) is 0 Å². The van der Waals surface area contributed by atoms with E-state index >= 15 is 0 Å². The van der Waals surface area contributed by atoms with Gasteiger partial charge in [-0.15, -0.1) is 0 Å². The first kappa shape index (κ1) is 50.0. The maximum Gasteiger partial charge on any atom is 0.253 e. The number of carbonyl (C=O) groups is 4. The molecule has 6 aliphatic heterocycles. The van der Waals surface area contributed by atoms with Gasteiger partial charge in [-0.1, -0.05) is 35.9 Å². The molecule has 4 amide bonds. The molecule has 0 spiro atoms. The van der Waals surface area contributed by atoms with Crippen molar-refractivity contribution in [3.8, 4) is 0 Å². The molecule has 8 heterocycles. The summed E-state index contributed by atoms with van der Waals surface area (Å²) in [5, 5.41) is 8.30. The summed E-state index contributed by atoms with van der Waals surface area (Å²) in [6, 6.07) is 18.0. The molecule has 2 aliphatic carbocycles. The van der Waals surface area contributed by atoms with Gasteiger partial charge in [0.1, 0.15) is 17.8 Å². The van der Waals surface area contributed by atoms with Crippen LogP contribution in [0.4, 0.5) is 5.82 Å². The number of amides is 4. The van der Waals surface area contributed by atoms with Gasteiger partial charge in [0.05, 0.1) is 41.1 Å². The first-order valence-electron chi connectivity index (χ1n) is 27.1. The Balaban J connectivity index is 0.621. The number of benzene rings is 2. The molecule has 1 unspecified atom stereocenters. The van der Waals surface area contributed by atoms with Gasteiger partial charge >= 0.3 is 0 Å². The topological polar surface area (TPSA) is 189 Å². The van der Waals surface area contributed by atoms with Crippen molar-refractivity contribution in [3.05, 3.63) is 88.8 Å². The Bertz CT molecular complexity index is 2590. The molecule has 18 heteroatoms. The zero-order chi connectivity index (χ0) is 50.2. The van der Waals surface area contributed by atoms with Gasteiger partial charge in [0, 0.05) is 120 Å². The molecular weight excluding hydrogens is 944 g/mol. The Morgan fingerprint density at radius 1 is 0.808 bits per heavy atom. The van der Waals surface area contributed by atoms with Gasteiger partial charge in [0.2, 0.25) is 17.7 Å². The fourth-order valence-electron chi connectivity index (χ4n) is 12.6. The number of halogens is 1. The molecule has 17 nitrogen and oxygen atoms in total. The minimum atomic E-state index is -1.01. The number of aromatic nitrogens is 3. The lowest BCUT2D eigenvalue weighted by molar-refractivity contribution is -0.203. The third-order valence-electron chi connectivity index (χ3n) is 17.6. The lowest BCUT2D eigenvalue weighted by Gasteiger charge is -2.55. The predicted octanol–water partition coefficient (Wildman–Crippen LogP) is 4.55. The van der Waals surface area contributed by atoms with Gasteiger partial charge in [0.15, 0.2) is 0 Å². The van der Waals surface area contributed by atoms with Crippen LogP contribution in [-0.4, -0.2) is 185 Å². The molecule has 8 fully saturated rings. The smallest absolute Gasteiger partial charge is 0.253 e. The molecule has 73 heavy (non-hydrogen) atoms. The highest BCUT2D eigenvalue weighted by Crippen LogP contribution is 2.50. The second-order valence-corrected chi connectivity index (χ2v) is 22.8. The largest absolute Gasteiger partial charge is 0.373 e. The molecular formula is C55H73ClN12O5. The Kier molecular flexibility index (Phi) is 14.5. The van der Waals surface area contributed by atoms with Crippen LogP contribution in [0, 0.1) is 5.41 Å². The first-order chi connectivity index (χ1) is 35.4. The second-order valence-electron chi connectivity index (χ2n) is 22.4. The molecule has 390 valence electrons. The highest BCUT2D eigenvalue weighted by Gasteiger charge is 2.55. The zero-order valence-corrected chi connectivity index (χ0v) is 43.0. The molecule has 2 bridgehead atoms. The van der Waals surface area contributed by atoms with E-state index in [0.717, 1.165) is 118 Å². The summed E-state index contributed by atoms with van der Waals surface area (Å²) < 4.78 is 6.73. The van der Waals surface area contributed by atoms with Gasteiger partial charge in [-0.3, -0.25) is 29.0 Å². The number of piperidine rings is 2. The van der Waals surface area contributed by atoms with Crippen LogP contribution in [-0.2, 0) is 19.1 Å². The fourth-order valence-corrected chi connectivity index (χ4v) is 12.7. The Hall–Kier alpha value is -5.17. The standard InChI is InChI=1S/C55H73ClN12O5/c56-43-8-6-39(7-9-43)46(62-51(71)55(57)18-23-65(24-19-55)49-45-12-20-58-48(45)60-38-61-49)13-22-63-25-31-67(32-26-63)52(72)53-14-16-54(17-15-53,73-37-53)36-64-27-29-66(30-28-64)50(70)41-4-1-3-40(33-41)42-5-2-21-68(35-42)47(69)34-59-44-10-11-44/h1,3-4,6-9,12,20,33,38,42,44,46,59H,2,5,10-11,13-19,21-32,34-37,57H2,(H,62,71)(H,58,60,61)/t42?,46-,53?,54?/m0/s1. The van der Waals surface area contributed by atoms with Crippen LogP contribution in [0.1, 0.15) is 104 Å². The maximum absolute atomic E-state index is 14.4. The molecule has 2 atom stereocenters. The van der Waals surface area contributed by atoms with E-state index in [1.165, 1.54) is 12.8 Å². The summed E-state index contributed by atoms with van der Waals surface area (Å²) >= 11 is 6.30. The van der Waals surface area contributed by atoms with Crippen molar-refractivity contribution >= 4 is 52.1 Å². The third-order valence-corrected chi connectivity index (χ3v) is 17.9. The number of fused-ring (bicyclic) bond motifs is 4. The number of rotatable bonds is 15. The zero-order valence-electron chi connectivity index (χ0n) is 42.2. The minimum Gasteiger partial charge on any atom is -0.373 e. The number of likely N-dealkylation sites (tertiary alicyclic amines) is 1. The van der Waals surface area contributed by atoms with Gasteiger partial charge in [-0.25, -0.2) is 9.97 Å². The molecule has 2 aromatic heterocycles. The highest BCUT2D eigenvalue weighted by atomic mass is 35.5. The Morgan fingerprint density at radius 2 is 1.55 bits per heavy atom. The highest BCUT2D eigenvalue weighted by molar-refractivity contribution is 6.30. The van der Waals surface area contributed by atoms with E-state index in [9.17, 15) is 19.2 Å². The van der Waals surface area contributed by atoms with Crippen LogP contribution in [0.2, 0.25) is 5.02 Å². The van der Waals surface area contributed by atoms with Crippen molar-refractivity contribution in [1.82, 2.24) is 50.1 Å². The maximum atomic E-state index is 14.4. The summed E-state index contributed by atoms with van der Waals surface area (Å²) in [5.74, 6) is 1.43. The van der Waals surface area contributed by atoms with E-state index in [4.69, 9.17) is 22.1 Å². The Labute approximate surface area is 433 Å². The number of hydrogen-bond acceptors (Lipinski definition) is 12. The Morgan fingerprint density at radius 3 is 2.27 bits per heavy atom. The third kappa shape index (κ3) is 11.0. The number of anilines is 1. The van der Waals surface area contributed by atoms with E-state index in [0.29, 0.717) is 89.3 Å². The van der Waals surface area contributed by atoms with E-state index in [1.807, 2.05) is 58.5 Å². The molecule has 2 saturated carbocycles. The quantitative estimate of drug-likeness (QED) is 0.130. The summed E-state index contributed by atoms with van der Waals surface area (Å²) in [4.78, 5) is 80.3. The average molecular weight is 1020 g/mol. The predicted molar refractivity (Wildman–Crippen MR) is 280 cm³/mol. The number of hydrogen-bond donors (Lipinski definition) is 4. The minimum absolute atomic E-state index is 0.0748. The first-order valence-corrected chi connectivity index (χ1v) is 27.5. The number of nitrogens with two attached hydrogens (primary N) is 1. The number of nitrogens with one attached hydrogen (secondary N) is 3. The van der Waals surface area contributed by atoms with Gasteiger partial charge < -0.3 is 45.7 Å². The van der Waals surface area contributed by atoms with E-state index < -0.39 is 11.0 Å². The number of ether oxygens (including phenoxy) is 1. The van der Waals surface area contributed by atoms with Gasteiger partial charge in [-0.05, 0) is 112 Å². The fraction of sp³-hybridized carbons (Fsp3) is 0.600. The number of piperazine rings is 2. The van der Waals surface area contributed by atoms with Crippen LogP contribution < -0.4 is 21.3 Å². The number of aromatic amines is 1. The summed E-state index contributed by atoms with van der Waals surface area (Å²) in [7, 11) is 0. The SMILES string of the molecule is NC1(C(=O)N[C@@H](CCN2CCN(C(=O)C34CCC(CN5CCN(C(=O)c6cccc(C7CCCN(C(=O)CNC8CC8)C7)c6)CC5)(CC3)OC4)CC2)c2ccc(Cl)cc2)CCN(c2ncnc3[nH]ccc23)CC1.